The van der Waals surface area contributed by atoms with Gasteiger partial charge < -0.3 is 37.2 Å². The van der Waals surface area contributed by atoms with Crippen molar-refractivity contribution in [1.82, 2.24) is 15.5 Å². The lowest BCUT2D eigenvalue weighted by molar-refractivity contribution is -0.144. The lowest BCUT2D eigenvalue weighted by Gasteiger charge is -2.29. The second kappa shape index (κ2) is 12.1. The molecule has 0 aromatic carbocycles. The van der Waals surface area contributed by atoms with E-state index < -0.39 is 72.6 Å². The Kier molecular flexibility index (Phi) is 10.2. The van der Waals surface area contributed by atoms with Gasteiger partial charge in [0.05, 0.1) is 12.5 Å². The lowest BCUT2D eigenvalue weighted by Crippen LogP contribution is -2.57. The Morgan fingerprint density at radius 2 is 1.74 bits per heavy atom. The van der Waals surface area contributed by atoms with Crippen LogP contribution in [0, 0.1) is 0 Å². The zero-order valence-electron chi connectivity index (χ0n) is 16.7. The zero-order valence-corrected chi connectivity index (χ0v) is 17.5. The minimum absolute atomic E-state index is 0.155. The van der Waals surface area contributed by atoms with E-state index in [0.29, 0.717) is 6.42 Å². The molecule has 0 spiro atoms. The largest absolute Gasteiger partial charge is 0.481 e. The van der Waals surface area contributed by atoms with Crippen LogP contribution in [0.15, 0.2) is 0 Å². The summed E-state index contributed by atoms with van der Waals surface area (Å²) >= 11 is 3.87. The molecule has 14 heteroatoms. The molecule has 0 aliphatic carbocycles. The van der Waals surface area contributed by atoms with Crippen LogP contribution in [0.3, 0.4) is 0 Å². The van der Waals surface area contributed by atoms with Gasteiger partial charge in [-0.2, -0.15) is 12.6 Å². The van der Waals surface area contributed by atoms with Crippen molar-refractivity contribution >= 4 is 48.2 Å². The molecule has 4 atom stereocenters. The Balaban J connectivity index is 2.96. The highest BCUT2D eigenvalue weighted by Gasteiger charge is 2.39. The number of rotatable bonds is 12. The molecule has 1 saturated heterocycles. The van der Waals surface area contributed by atoms with Gasteiger partial charge in [0.2, 0.25) is 23.6 Å². The highest BCUT2D eigenvalue weighted by atomic mass is 32.1. The van der Waals surface area contributed by atoms with Gasteiger partial charge in [-0.3, -0.25) is 24.0 Å². The fraction of sp³-hybridized carbons (Fsp3) is 0.647. The van der Waals surface area contributed by atoms with Gasteiger partial charge >= 0.3 is 11.9 Å². The van der Waals surface area contributed by atoms with E-state index >= 15 is 0 Å². The summed E-state index contributed by atoms with van der Waals surface area (Å²) < 4.78 is 0. The Hall–Kier alpha value is -2.87. The molecule has 31 heavy (non-hydrogen) atoms. The SMILES string of the molecule is NC(=O)CC(N)C(=O)NC(CCC(=O)O)C(=O)N1CCCC1C(=O)NC(CS)C(=O)O. The van der Waals surface area contributed by atoms with Crippen LogP contribution in [-0.2, 0) is 28.8 Å². The van der Waals surface area contributed by atoms with Gasteiger partial charge in [-0.05, 0) is 19.3 Å². The maximum Gasteiger partial charge on any atom is 0.327 e. The first-order chi connectivity index (χ1) is 14.5. The van der Waals surface area contributed by atoms with Crippen LogP contribution in [0.5, 0.6) is 0 Å². The quantitative estimate of drug-likeness (QED) is 0.147. The summed E-state index contributed by atoms with van der Waals surface area (Å²) in [5.74, 6) is -5.75. The number of carboxylic acids is 2. The Labute approximate surface area is 183 Å². The summed E-state index contributed by atoms with van der Waals surface area (Å²) in [5, 5.41) is 22.6. The Morgan fingerprint density at radius 3 is 2.26 bits per heavy atom. The van der Waals surface area contributed by atoms with E-state index in [9.17, 15) is 28.8 Å². The van der Waals surface area contributed by atoms with E-state index in [1.807, 2.05) is 0 Å². The van der Waals surface area contributed by atoms with Crippen LogP contribution in [-0.4, -0.2) is 87.1 Å². The highest BCUT2D eigenvalue weighted by Crippen LogP contribution is 2.20. The van der Waals surface area contributed by atoms with Crippen molar-refractivity contribution < 1.29 is 39.0 Å². The molecule has 0 aromatic rings. The lowest BCUT2D eigenvalue weighted by atomic mass is 10.1. The van der Waals surface area contributed by atoms with Crippen molar-refractivity contribution in [1.29, 1.82) is 0 Å². The predicted molar refractivity (Wildman–Crippen MR) is 109 cm³/mol. The third kappa shape index (κ3) is 8.05. The van der Waals surface area contributed by atoms with Crippen molar-refractivity contribution in [2.24, 2.45) is 11.5 Å². The number of carboxylic acid groups (broad SMARTS) is 2. The van der Waals surface area contributed by atoms with Gasteiger partial charge in [0, 0.05) is 18.7 Å². The minimum Gasteiger partial charge on any atom is -0.481 e. The van der Waals surface area contributed by atoms with Gasteiger partial charge in [0.1, 0.15) is 18.1 Å². The standard InChI is InChI=1S/C17H27N5O8S/c18-8(6-12(19)23)14(26)20-9(3-4-13(24)25)16(28)22-5-1-2-11(22)15(27)21-10(7-31)17(29)30/h8-11,31H,1-7,18H2,(H2,19,23)(H,20,26)(H,21,27)(H,24,25)(H,29,30). The number of nitrogens with one attached hydrogen (secondary N) is 2. The molecule has 1 rings (SSSR count). The fourth-order valence-corrected chi connectivity index (χ4v) is 3.32. The van der Waals surface area contributed by atoms with Gasteiger partial charge in [0.15, 0.2) is 0 Å². The maximum atomic E-state index is 13.0. The fourth-order valence-electron chi connectivity index (χ4n) is 3.07. The number of hydrogen-bond acceptors (Lipinski definition) is 8. The second-order valence-corrected chi connectivity index (χ2v) is 7.41. The number of likely N-dealkylation sites (tertiary alicyclic amines) is 1. The first-order valence-corrected chi connectivity index (χ1v) is 10.1. The van der Waals surface area contributed by atoms with E-state index in [1.165, 1.54) is 4.90 Å². The molecule has 1 aliphatic heterocycles. The molecule has 13 nitrogen and oxygen atoms in total. The number of amides is 4. The summed E-state index contributed by atoms with van der Waals surface area (Å²) in [6.07, 6.45) is -0.489. The van der Waals surface area contributed by atoms with Crippen LogP contribution < -0.4 is 22.1 Å². The molecule has 174 valence electrons. The Morgan fingerprint density at radius 1 is 1.10 bits per heavy atom. The minimum atomic E-state index is -1.33. The van der Waals surface area contributed by atoms with Crippen LogP contribution in [0.1, 0.15) is 32.1 Å². The zero-order chi connectivity index (χ0) is 23.7. The van der Waals surface area contributed by atoms with Crippen molar-refractivity contribution in [3.8, 4) is 0 Å². The van der Waals surface area contributed by atoms with Gasteiger partial charge in [-0.1, -0.05) is 0 Å². The number of aliphatic carboxylic acids is 2. The molecule has 4 amide bonds. The molecule has 0 bridgehead atoms. The number of hydrogen-bond donors (Lipinski definition) is 7. The van der Waals surface area contributed by atoms with E-state index in [2.05, 4.69) is 23.3 Å². The van der Waals surface area contributed by atoms with Gasteiger partial charge in [-0.15, -0.1) is 0 Å². The topological polar surface area (TPSA) is 222 Å². The van der Waals surface area contributed by atoms with Crippen molar-refractivity contribution in [2.75, 3.05) is 12.3 Å². The van der Waals surface area contributed by atoms with Gasteiger partial charge in [0.25, 0.3) is 0 Å². The Bertz CT molecular complexity index is 733. The molecule has 8 N–H and O–H groups in total. The molecule has 0 radical (unpaired) electrons. The molecular weight excluding hydrogens is 434 g/mol. The summed E-state index contributed by atoms with van der Waals surface area (Å²) in [6.45, 7) is 0.155. The van der Waals surface area contributed by atoms with Crippen LogP contribution in [0.2, 0.25) is 0 Å². The molecule has 1 aliphatic rings. The molecule has 1 heterocycles. The average molecular weight is 461 g/mol. The van der Waals surface area contributed by atoms with Crippen LogP contribution in [0.4, 0.5) is 0 Å². The first kappa shape index (κ1) is 26.2. The molecule has 4 unspecified atom stereocenters. The summed E-state index contributed by atoms with van der Waals surface area (Å²) in [4.78, 5) is 71.9. The third-order valence-corrected chi connectivity index (χ3v) is 5.02. The summed E-state index contributed by atoms with van der Waals surface area (Å²) in [6, 6.07) is -4.88. The van der Waals surface area contributed by atoms with Crippen LogP contribution in [0.25, 0.3) is 0 Å². The van der Waals surface area contributed by atoms with Crippen molar-refractivity contribution in [3.63, 3.8) is 0 Å². The van der Waals surface area contributed by atoms with Crippen molar-refractivity contribution in [2.45, 2.75) is 56.3 Å². The van der Waals surface area contributed by atoms with Crippen molar-refractivity contribution in [3.05, 3.63) is 0 Å². The number of thiol groups is 1. The third-order valence-electron chi connectivity index (χ3n) is 4.66. The molecule has 0 saturated carbocycles. The normalized spacial score (nSPS) is 18.5. The number of primary amides is 1. The van der Waals surface area contributed by atoms with Crippen LogP contribution >= 0.6 is 12.6 Å². The monoisotopic (exact) mass is 461 g/mol. The molecule has 1 fully saturated rings. The van der Waals surface area contributed by atoms with E-state index in [1.54, 1.807) is 0 Å². The maximum absolute atomic E-state index is 13.0. The van der Waals surface area contributed by atoms with E-state index in [-0.39, 0.29) is 25.1 Å². The number of carbonyl (C=O) groups is 6. The molecule has 0 aromatic heterocycles. The van der Waals surface area contributed by atoms with E-state index in [0.717, 1.165) is 0 Å². The predicted octanol–water partition coefficient (Wildman–Crippen LogP) is -2.97. The number of nitrogens with two attached hydrogens (primary N) is 2. The summed E-state index contributed by atoms with van der Waals surface area (Å²) in [5.41, 5.74) is 10.6. The smallest absolute Gasteiger partial charge is 0.327 e. The summed E-state index contributed by atoms with van der Waals surface area (Å²) in [7, 11) is 0. The second-order valence-electron chi connectivity index (χ2n) is 7.04. The highest BCUT2D eigenvalue weighted by molar-refractivity contribution is 7.80. The first-order valence-electron chi connectivity index (χ1n) is 9.48. The number of carbonyl (C=O) groups excluding carboxylic acids is 4. The van der Waals surface area contributed by atoms with E-state index in [4.69, 9.17) is 21.7 Å². The van der Waals surface area contributed by atoms with Gasteiger partial charge in [-0.25, -0.2) is 4.79 Å². The molecular formula is C17H27N5O8S. The average Bonchev–Trinajstić information content (AvgIpc) is 3.17. The number of nitrogens with zero attached hydrogens (tertiary/aromatic N) is 1.